The van der Waals surface area contributed by atoms with Crippen LogP contribution in [0.3, 0.4) is 0 Å². The van der Waals surface area contributed by atoms with Gasteiger partial charge < -0.3 is 20.1 Å². The van der Waals surface area contributed by atoms with Crippen LogP contribution in [0.4, 0.5) is 4.79 Å². The number of alkyl carbamates (subject to hydrolysis) is 1. The number of carboxylic acid groups (broad SMARTS) is 1. The van der Waals surface area contributed by atoms with Gasteiger partial charge in [-0.05, 0) is 53.4 Å². The lowest BCUT2D eigenvalue weighted by Gasteiger charge is -2.23. The van der Waals surface area contributed by atoms with Crippen molar-refractivity contribution in [2.24, 2.45) is 23.2 Å². The standard InChI is InChI=1S/C28H30N2O5/c31-25(30-14-18-6-5-11-28(18,16-30)26(32)33)23-12-17(23)13-29-27(34)35-15-24-21-9-3-1-7-19(21)20-8-2-4-10-22(20)24/h1-4,7-10,17-18,23-24H,5-6,11-16H2,(H,29,34)(H,32,33)/t17-,18?,23-,28?/m1/s1. The van der Waals surface area contributed by atoms with Crippen LogP contribution < -0.4 is 5.32 Å². The van der Waals surface area contributed by atoms with Gasteiger partial charge in [-0.3, -0.25) is 9.59 Å². The first-order valence-electron chi connectivity index (χ1n) is 12.6. The highest BCUT2D eigenvalue weighted by atomic mass is 16.5. The van der Waals surface area contributed by atoms with Gasteiger partial charge in [-0.2, -0.15) is 0 Å². The second kappa shape index (κ2) is 8.40. The summed E-state index contributed by atoms with van der Waals surface area (Å²) in [7, 11) is 0. The summed E-state index contributed by atoms with van der Waals surface area (Å²) in [6.45, 7) is 1.54. The maximum atomic E-state index is 13.0. The van der Waals surface area contributed by atoms with Crippen molar-refractivity contribution in [1.82, 2.24) is 10.2 Å². The van der Waals surface area contributed by atoms with Gasteiger partial charge in [-0.15, -0.1) is 0 Å². The second-order valence-corrected chi connectivity index (χ2v) is 10.6. The van der Waals surface area contributed by atoms with Crippen LogP contribution in [0.1, 0.15) is 42.7 Å². The molecule has 35 heavy (non-hydrogen) atoms. The van der Waals surface area contributed by atoms with Crippen LogP contribution in [0.2, 0.25) is 0 Å². The highest BCUT2D eigenvalue weighted by Gasteiger charge is 2.57. The number of ether oxygens (including phenoxy) is 1. The number of carbonyl (C=O) groups is 3. The van der Waals surface area contributed by atoms with E-state index in [2.05, 4.69) is 29.6 Å². The number of carboxylic acids is 1. The van der Waals surface area contributed by atoms with E-state index in [9.17, 15) is 19.5 Å². The van der Waals surface area contributed by atoms with Crippen molar-refractivity contribution < 1.29 is 24.2 Å². The first-order chi connectivity index (χ1) is 17.0. The van der Waals surface area contributed by atoms with Crippen LogP contribution in [0.5, 0.6) is 0 Å². The Labute approximate surface area is 204 Å². The summed E-state index contributed by atoms with van der Waals surface area (Å²) in [6, 6.07) is 16.4. The Morgan fingerprint density at radius 3 is 2.40 bits per heavy atom. The zero-order chi connectivity index (χ0) is 24.2. The van der Waals surface area contributed by atoms with Crippen molar-refractivity contribution in [3.05, 3.63) is 59.7 Å². The second-order valence-electron chi connectivity index (χ2n) is 10.6. The van der Waals surface area contributed by atoms with Crippen molar-refractivity contribution in [2.75, 3.05) is 26.2 Å². The van der Waals surface area contributed by atoms with Crippen molar-refractivity contribution in [2.45, 2.75) is 31.6 Å². The first-order valence-corrected chi connectivity index (χ1v) is 12.6. The van der Waals surface area contributed by atoms with E-state index >= 15 is 0 Å². The van der Waals surface area contributed by atoms with Crippen molar-refractivity contribution in [3.8, 4) is 11.1 Å². The quantitative estimate of drug-likeness (QED) is 0.663. The van der Waals surface area contributed by atoms with Crippen LogP contribution in [0, 0.1) is 23.2 Å². The number of amides is 2. The van der Waals surface area contributed by atoms with Gasteiger partial charge in [-0.25, -0.2) is 4.79 Å². The Bertz CT molecular complexity index is 1150. The van der Waals surface area contributed by atoms with Crippen LogP contribution in [-0.2, 0) is 14.3 Å². The lowest BCUT2D eigenvalue weighted by molar-refractivity contribution is -0.149. The molecular formula is C28H30N2O5. The van der Waals surface area contributed by atoms with Gasteiger partial charge in [0, 0.05) is 31.5 Å². The minimum Gasteiger partial charge on any atom is -0.481 e. The summed E-state index contributed by atoms with van der Waals surface area (Å²) in [6.07, 6.45) is 2.73. The number of aliphatic carboxylic acids is 1. The topological polar surface area (TPSA) is 95.9 Å². The molecule has 7 nitrogen and oxygen atoms in total. The Hall–Kier alpha value is -3.35. The molecule has 1 heterocycles. The molecule has 0 bridgehead atoms. The van der Waals surface area contributed by atoms with Crippen molar-refractivity contribution in [1.29, 1.82) is 0 Å². The molecule has 0 aromatic heterocycles. The molecule has 1 aliphatic heterocycles. The molecule has 2 aromatic carbocycles. The summed E-state index contributed by atoms with van der Waals surface area (Å²) in [5, 5.41) is 12.6. The minimum absolute atomic E-state index is 0.0135. The zero-order valence-electron chi connectivity index (χ0n) is 19.6. The van der Waals surface area contributed by atoms with Gasteiger partial charge in [-0.1, -0.05) is 55.0 Å². The van der Waals surface area contributed by atoms with Crippen LogP contribution in [-0.4, -0.2) is 54.2 Å². The van der Waals surface area contributed by atoms with Crippen LogP contribution >= 0.6 is 0 Å². The largest absolute Gasteiger partial charge is 0.481 e. The Balaban J connectivity index is 0.999. The first kappa shape index (κ1) is 22.1. The fourth-order valence-corrected chi connectivity index (χ4v) is 6.68. The molecule has 182 valence electrons. The van der Waals surface area contributed by atoms with E-state index in [1.807, 2.05) is 24.3 Å². The Morgan fingerprint density at radius 2 is 1.74 bits per heavy atom. The Kier molecular flexibility index (Phi) is 5.31. The maximum Gasteiger partial charge on any atom is 0.407 e. The summed E-state index contributed by atoms with van der Waals surface area (Å²) in [5.41, 5.74) is 3.96. The van der Waals surface area contributed by atoms with Gasteiger partial charge in [0.2, 0.25) is 5.91 Å². The number of benzene rings is 2. The molecule has 3 aliphatic carbocycles. The number of carbonyl (C=O) groups excluding carboxylic acids is 2. The fraction of sp³-hybridized carbons (Fsp3) is 0.464. The molecule has 2 saturated carbocycles. The summed E-state index contributed by atoms with van der Waals surface area (Å²) in [4.78, 5) is 39.1. The molecule has 2 amide bonds. The minimum atomic E-state index is -0.764. The van der Waals surface area contributed by atoms with E-state index in [1.54, 1.807) is 4.90 Å². The van der Waals surface area contributed by atoms with E-state index in [0.717, 1.165) is 19.3 Å². The molecule has 7 heteroatoms. The molecule has 2 unspecified atom stereocenters. The normalized spacial score (nSPS) is 28.2. The van der Waals surface area contributed by atoms with Gasteiger partial charge in [0.25, 0.3) is 0 Å². The number of likely N-dealkylation sites (tertiary alicyclic amines) is 1. The predicted octanol–water partition coefficient (Wildman–Crippen LogP) is 3.87. The van der Waals surface area contributed by atoms with Crippen molar-refractivity contribution in [3.63, 3.8) is 0 Å². The molecule has 4 aliphatic rings. The van der Waals surface area contributed by atoms with Crippen molar-refractivity contribution >= 4 is 18.0 Å². The van der Waals surface area contributed by atoms with E-state index < -0.39 is 17.5 Å². The monoisotopic (exact) mass is 474 g/mol. The molecule has 1 saturated heterocycles. The number of nitrogens with one attached hydrogen (secondary N) is 1. The highest BCUT2D eigenvalue weighted by Crippen LogP contribution is 2.51. The third kappa shape index (κ3) is 3.68. The smallest absolute Gasteiger partial charge is 0.407 e. The molecule has 3 fully saturated rings. The SMILES string of the molecule is O=C(NC[C@H]1C[C@H]1C(=O)N1CC2CCCC2(C(=O)O)C1)OCC1c2ccccc2-c2ccccc21. The van der Waals surface area contributed by atoms with E-state index in [4.69, 9.17) is 4.74 Å². The molecule has 0 radical (unpaired) electrons. The average molecular weight is 475 g/mol. The fourth-order valence-electron chi connectivity index (χ4n) is 6.68. The van der Waals surface area contributed by atoms with Crippen LogP contribution in [0.25, 0.3) is 11.1 Å². The third-order valence-electron chi connectivity index (χ3n) is 8.70. The van der Waals surface area contributed by atoms with Gasteiger partial charge in [0.05, 0.1) is 5.41 Å². The highest BCUT2D eigenvalue weighted by molar-refractivity contribution is 5.85. The van der Waals surface area contributed by atoms with Gasteiger partial charge >= 0.3 is 12.1 Å². The predicted molar refractivity (Wildman–Crippen MR) is 129 cm³/mol. The average Bonchev–Trinajstić information content (AvgIpc) is 3.20. The molecular weight excluding hydrogens is 444 g/mol. The molecule has 2 aromatic rings. The van der Waals surface area contributed by atoms with E-state index in [-0.39, 0.29) is 36.2 Å². The summed E-state index contributed by atoms with van der Waals surface area (Å²) < 4.78 is 5.59. The lowest BCUT2D eigenvalue weighted by Crippen LogP contribution is -2.38. The summed E-state index contributed by atoms with van der Waals surface area (Å²) in [5.74, 6) is -0.684. The summed E-state index contributed by atoms with van der Waals surface area (Å²) >= 11 is 0. The van der Waals surface area contributed by atoms with Crippen LogP contribution in [0.15, 0.2) is 48.5 Å². The molecule has 2 N–H and O–H groups in total. The number of hydrogen-bond donors (Lipinski definition) is 2. The molecule has 4 atom stereocenters. The van der Waals surface area contributed by atoms with E-state index in [1.165, 1.54) is 22.3 Å². The zero-order valence-corrected chi connectivity index (χ0v) is 19.6. The molecule has 0 spiro atoms. The Morgan fingerprint density at radius 1 is 1.06 bits per heavy atom. The maximum absolute atomic E-state index is 13.0. The number of nitrogens with zero attached hydrogens (tertiary/aromatic N) is 1. The number of hydrogen-bond acceptors (Lipinski definition) is 4. The van der Waals surface area contributed by atoms with Gasteiger partial charge in [0.15, 0.2) is 0 Å². The number of rotatable bonds is 6. The lowest BCUT2D eigenvalue weighted by atomic mass is 9.81. The third-order valence-corrected chi connectivity index (χ3v) is 8.70. The molecule has 6 rings (SSSR count). The van der Waals surface area contributed by atoms with Gasteiger partial charge in [0.1, 0.15) is 6.61 Å². The van der Waals surface area contributed by atoms with E-state index in [0.29, 0.717) is 26.1 Å². The number of fused-ring (bicyclic) bond motifs is 4.